The van der Waals surface area contributed by atoms with E-state index >= 15 is 0 Å². The van der Waals surface area contributed by atoms with Crippen LogP contribution in [0.5, 0.6) is 0 Å². The first-order valence-electron chi connectivity index (χ1n) is 7.75. The monoisotopic (exact) mass is 316 g/mol. The Morgan fingerprint density at radius 3 is 2.77 bits per heavy atom. The molecule has 1 aromatic carbocycles. The third kappa shape index (κ3) is 2.52. The number of benzene rings is 1. The molecule has 0 atom stereocenters. The zero-order chi connectivity index (χ0) is 14.9. The minimum atomic E-state index is -0.206. The van der Waals surface area contributed by atoms with E-state index in [1.54, 1.807) is 28.0 Å². The van der Waals surface area contributed by atoms with E-state index in [0.717, 1.165) is 9.97 Å². The maximum atomic E-state index is 13.8. The van der Waals surface area contributed by atoms with E-state index in [4.69, 9.17) is 5.10 Å². The van der Waals surface area contributed by atoms with Crippen LogP contribution in [0.2, 0.25) is 0 Å². The predicted molar refractivity (Wildman–Crippen MR) is 83.7 cm³/mol. The molecule has 4 rings (SSSR count). The Bertz CT molecular complexity index is 788. The van der Waals surface area contributed by atoms with Crippen molar-refractivity contribution in [2.45, 2.75) is 44.4 Å². The van der Waals surface area contributed by atoms with Crippen LogP contribution in [0, 0.1) is 5.82 Å². The summed E-state index contributed by atoms with van der Waals surface area (Å²) in [4.78, 5) is 0.812. The number of hydrogen-bond donors (Lipinski definition) is 0. The summed E-state index contributed by atoms with van der Waals surface area (Å²) in [5.41, 5.74) is 0.629. The normalized spacial score (nSPS) is 16.4. The third-order valence-corrected chi connectivity index (χ3v) is 5.39. The smallest absolute Gasteiger partial charge is 0.207 e. The highest BCUT2D eigenvalue weighted by Crippen LogP contribution is 2.34. The van der Waals surface area contributed by atoms with Gasteiger partial charge in [0.2, 0.25) is 4.96 Å². The van der Waals surface area contributed by atoms with Gasteiger partial charge in [-0.2, -0.15) is 9.61 Å². The second-order valence-corrected chi connectivity index (χ2v) is 6.84. The summed E-state index contributed by atoms with van der Waals surface area (Å²) in [5.74, 6) is 1.06. The Morgan fingerprint density at radius 1 is 1.14 bits per heavy atom. The van der Waals surface area contributed by atoms with Crippen LogP contribution in [-0.4, -0.2) is 19.8 Å². The quantitative estimate of drug-likeness (QED) is 0.734. The van der Waals surface area contributed by atoms with E-state index in [1.807, 2.05) is 6.07 Å². The Morgan fingerprint density at radius 2 is 1.95 bits per heavy atom. The highest BCUT2D eigenvalue weighted by Gasteiger charge is 2.21. The summed E-state index contributed by atoms with van der Waals surface area (Å²) in [6.45, 7) is 0. The van der Waals surface area contributed by atoms with Crippen molar-refractivity contribution < 1.29 is 4.39 Å². The van der Waals surface area contributed by atoms with Crippen molar-refractivity contribution in [2.24, 2.45) is 0 Å². The minimum Gasteiger partial charge on any atom is -0.207 e. The average Bonchev–Trinajstić information content (AvgIpc) is 3.12. The van der Waals surface area contributed by atoms with E-state index in [2.05, 4.69) is 10.2 Å². The van der Waals surface area contributed by atoms with E-state index in [-0.39, 0.29) is 5.82 Å². The first-order valence-corrected chi connectivity index (χ1v) is 8.57. The van der Waals surface area contributed by atoms with Crippen LogP contribution in [0.25, 0.3) is 4.96 Å². The number of rotatable bonds is 3. The molecule has 1 aliphatic carbocycles. The molecule has 3 aromatic rings. The summed E-state index contributed by atoms with van der Waals surface area (Å²) >= 11 is 1.62. The molecule has 6 heteroatoms. The Labute approximate surface area is 132 Å². The predicted octanol–water partition coefficient (Wildman–Crippen LogP) is 3.96. The van der Waals surface area contributed by atoms with Crippen molar-refractivity contribution in [1.82, 2.24) is 19.8 Å². The fraction of sp³-hybridized carbons (Fsp3) is 0.438. The Hall–Kier alpha value is -1.82. The van der Waals surface area contributed by atoms with Gasteiger partial charge in [0, 0.05) is 12.3 Å². The molecule has 22 heavy (non-hydrogen) atoms. The number of hydrogen-bond acceptors (Lipinski definition) is 4. The van der Waals surface area contributed by atoms with Gasteiger partial charge in [-0.1, -0.05) is 48.8 Å². The van der Waals surface area contributed by atoms with Gasteiger partial charge in [0.1, 0.15) is 10.8 Å². The highest BCUT2D eigenvalue weighted by atomic mass is 32.1. The average molecular weight is 316 g/mol. The second kappa shape index (κ2) is 5.76. The summed E-state index contributed by atoms with van der Waals surface area (Å²) in [7, 11) is 0. The summed E-state index contributed by atoms with van der Waals surface area (Å²) < 4.78 is 15.6. The van der Waals surface area contributed by atoms with Crippen LogP contribution in [-0.2, 0) is 6.42 Å². The molecule has 0 amide bonds. The standard InChI is InChI=1S/C16H17FN4S/c17-13-9-5-4-8-12(13)10-14-18-19-16-21(14)20-15(22-16)11-6-2-1-3-7-11/h4-5,8-9,11H,1-3,6-7,10H2. The number of nitrogens with zero attached hydrogens (tertiary/aromatic N) is 4. The molecular formula is C16H17FN4S. The molecule has 0 unspecified atom stereocenters. The molecule has 0 saturated heterocycles. The summed E-state index contributed by atoms with van der Waals surface area (Å²) in [5, 5.41) is 14.2. The van der Waals surface area contributed by atoms with Crippen LogP contribution >= 0.6 is 11.3 Å². The van der Waals surface area contributed by atoms with Gasteiger partial charge in [-0.25, -0.2) is 4.39 Å². The molecule has 0 bridgehead atoms. The third-order valence-electron chi connectivity index (χ3n) is 4.33. The minimum absolute atomic E-state index is 0.206. The zero-order valence-electron chi connectivity index (χ0n) is 12.2. The largest absolute Gasteiger partial charge is 0.234 e. The van der Waals surface area contributed by atoms with E-state index < -0.39 is 0 Å². The lowest BCUT2D eigenvalue weighted by Gasteiger charge is -2.18. The van der Waals surface area contributed by atoms with Gasteiger partial charge in [0.25, 0.3) is 0 Å². The molecule has 2 heterocycles. The van der Waals surface area contributed by atoms with Crippen LogP contribution in [0.15, 0.2) is 24.3 Å². The molecule has 0 spiro atoms. The molecule has 2 aromatic heterocycles. The lowest BCUT2D eigenvalue weighted by molar-refractivity contribution is 0.439. The second-order valence-electron chi connectivity index (χ2n) is 5.85. The fourth-order valence-corrected chi connectivity index (χ4v) is 4.14. The SMILES string of the molecule is Fc1ccccc1Cc1nnc2sc(C3CCCCC3)nn12. The molecule has 0 radical (unpaired) electrons. The molecule has 1 saturated carbocycles. The number of halogens is 1. The van der Waals surface area contributed by atoms with Gasteiger partial charge in [0.15, 0.2) is 5.82 Å². The maximum Gasteiger partial charge on any atom is 0.234 e. The molecule has 1 fully saturated rings. The molecule has 114 valence electrons. The van der Waals surface area contributed by atoms with E-state index in [9.17, 15) is 4.39 Å². The molecule has 1 aliphatic rings. The topological polar surface area (TPSA) is 43.1 Å². The van der Waals surface area contributed by atoms with E-state index in [0.29, 0.717) is 23.7 Å². The fourth-order valence-electron chi connectivity index (χ4n) is 3.11. The van der Waals surface area contributed by atoms with Crippen molar-refractivity contribution in [3.63, 3.8) is 0 Å². The first kappa shape index (κ1) is 13.8. The van der Waals surface area contributed by atoms with Gasteiger partial charge < -0.3 is 0 Å². The highest BCUT2D eigenvalue weighted by molar-refractivity contribution is 7.16. The summed E-state index contributed by atoms with van der Waals surface area (Å²) in [6.07, 6.45) is 6.75. The van der Waals surface area contributed by atoms with Crippen molar-refractivity contribution in [1.29, 1.82) is 0 Å². The van der Waals surface area contributed by atoms with E-state index in [1.165, 1.54) is 38.2 Å². The lowest BCUT2D eigenvalue weighted by atomic mass is 9.90. The zero-order valence-corrected chi connectivity index (χ0v) is 13.0. The van der Waals surface area contributed by atoms with Crippen LogP contribution in [0.1, 0.15) is 54.4 Å². The first-order chi connectivity index (χ1) is 10.8. The van der Waals surface area contributed by atoms with Gasteiger partial charge in [-0.15, -0.1) is 10.2 Å². The van der Waals surface area contributed by atoms with Crippen molar-refractivity contribution >= 4 is 16.3 Å². The van der Waals surface area contributed by atoms with Gasteiger partial charge in [-0.05, 0) is 24.5 Å². The molecule has 4 nitrogen and oxygen atoms in total. The van der Waals surface area contributed by atoms with Gasteiger partial charge in [-0.3, -0.25) is 0 Å². The van der Waals surface area contributed by atoms with Gasteiger partial charge >= 0.3 is 0 Å². The van der Waals surface area contributed by atoms with Crippen molar-refractivity contribution in [3.8, 4) is 0 Å². The Balaban J connectivity index is 1.64. The molecular weight excluding hydrogens is 299 g/mol. The number of aromatic nitrogens is 4. The molecule has 0 aliphatic heterocycles. The van der Waals surface area contributed by atoms with Crippen LogP contribution < -0.4 is 0 Å². The van der Waals surface area contributed by atoms with Crippen LogP contribution in [0.3, 0.4) is 0 Å². The van der Waals surface area contributed by atoms with Crippen LogP contribution in [0.4, 0.5) is 4.39 Å². The maximum absolute atomic E-state index is 13.8. The number of fused-ring (bicyclic) bond motifs is 1. The Kier molecular flexibility index (Phi) is 3.62. The van der Waals surface area contributed by atoms with Crippen molar-refractivity contribution in [2.75, 3.05) is 0 Å². The lowest BCUT2D eigenvalue weighted by Crippen LogP contribution is -2.06. The molecule has 0 N–H and O–H groups in total. The van der Waals surface area contributed by atoms with Gasteiger partial charge in [0.05, 0.1) is 0 Å². The summed E-state index contributed by atoms with van der Waals surface area (Å²) in [6, 6.07) is 6.79. The van der Waals surface area contributed by atoms with Crippen molar-refractivity contribution in [3.05, 3.63) is 46.5 Å².